The van der Waals surface area contributed by atoms with Crippen molar-refractivity contribution in [2.45, 2.75) is 13.3 Å². The molecule has 12 heavy (non-hydrogen) atoms. The molecule has 0 fully saturated rings. The van der Waals surface area contributed by atoms with Crippen molar-refractivity contribution in [1.82, 2.24) is 0 Å². The zero-order valence-electron chi connectivity index (χ0n) is 6.78. The molecule has 0 aliphatic rings. The van der Waals surface area contributed by atoms with Crippen molar-refractivity contribution >= 4 is 16.3 Å². The standard InChI is InChI=1S/C9H10O2S/c1-2-7-5-3-4-6-8(7)9(10)12-11/h3-6,10H,2H2,1H3. The number of aliphatic hydroxyl groups excluding tert-OH is 1. The smallest absolute Gasteiger partial charge is 0.174 e. The van der Waals surface area contributed by atoms with E-state index in [4.69, 9.17) is 0 Å². The van der Waals surface area contributed by atoms with E-state index >= 15 is 0 Å². The summed E-state index contributed by atoms with van der Waals surface area (Å²) in [6, 6.07) is 7.35. The van der Waals surface area contributed by atoms with Crippen LogP contribution in [0.4, 0.5) is 0 Å². The lowest BCUT2D eigenvalue weighted by Gasteiger charge is -2.02. The second-order valence-corrected chi connectivity index (χ2v) is 2.95. The number of hydrogen-bond donors (Lipinski definition) is 1. The van der Waals surface area contributed by atoms with Gasteiger partial charge >= 0.3 is 0 Å². The van der Waals surface area contributed by atoms with E-state index in [1.165, 1.54) is 0 Å². The van der Waals surface area contributed by atoms with Gasteiger partial charge in [0.15, 0.2) is 5.05 Å². The Morgan fingerprint density at radius 3 is 2.75 bits per heavy atom. The van der Waals surface area contributed by atoms with Crippen LogP contribution in [0.3, 0.4) is 0 Å². The minimum Gasteiger partial charge on any atom is -0.349 e. The van der Waals surface area contributed by atoms with Crippen LogP contribution in [0.2, 0.25) is 0 Å². The molecular formula is C9H10O2S. The third kappa shape index (κ3) is 1.81. The molecular weight excluding hydrogens is 172 g/mol. The molecule has 1 rings (SSSR count). The van der Waals surface area contributed by atoms with Crippen LogP contribution in [0.15, 0.2) is 24.3 Å². The fourth-order valence-corrected chi connectivity index (χ4v) is 1.37. The molecule has 0 heterocycles. The van der Waals surface area contributed by atoms with E-state index in [0.29, 0.717) is 5.56 Å². The van der Waals surface area contributed by atoms with Crippen LogP contribution in [-0.4, -0.2) is 14.4 Å². The number of benzene rings is 1. The van der Waals surface area contributed by atoms with Crippen LogP contribution in [-0.2, 0) is 17.7 Å². The van der Waals surface area contributed by atoms with Gasteiger partial charge in [0.1, 0.15) is 11.3 Å². The Morgan fingerprint density at radius 2 is 2.17 bits per heavy atom. The molecule has 1 N–H and O–H groups in total. The van der Waals surface area contributed by atoms with E-state index in [0.717, 1.165) is 12.0 Å². The van der Waals surface area contributed by atoms with Gasteiger partial charge in [-0.05, 0) is 12.0 Å². The molecule has 0 atom stereocenters. The van der Waals surface area contributed by atoms with Crippen LogP contribution >= 0.6 is 0 Å². The Bertz CT molecular complexity index is 327. The highest BCUT2D eigenvalue weighted by Crippen LogP contribution is 2.08. The summed E-state index contributed by atoms with van der Waals surface area (Å²) in [7, 11) is 0. The molecule has 0 saturated heterocycles. The summed E-state index contributed by atoms with van der Waals surface area (Å²) >= 11 is 0.130. The van der Waals surface area contributed by atoms with Gasteiger partial charge in [0.2, 0.25) is 0 Å². The predicted molar refractivity (Wildman–Crippen MR) is 50.7 cm³/mol. The monoisotopic (exact) mass is 182 g/mol. The summed E-state index contributed by atoms with van der Waals surface area (Å²) < 4.78 is 10.3. The molecule has 0 spiro atoms. The van der Waals surface area contributed by atoms with Gasteiger partial charge in [0.25, 0.3) is 0 Å². The molecule has 0 radical (unpaired) electrons. The van der Waals surface area contributed by atoms with Crippen LogP contribution in [0.25, 0.3) is 0 Å². The van der Waals surface area contributed by atoms with Crippen molar-refractivity contribution < 1.29 is 9.32 Å². The molecule has 0 bridgehead atoms. The molecule has 64 valence electrons. The van der Waals surface area contributed by atoms with Crippen LogP contribution in [0, 0.1) is 0 Å². The van der Waals surface area contributed by atoms with Gasteiger partial charge in [-0.2, -0.15) is 0 Å². The van der Waals surface area contributed by atoms with E-state index in [-0.39, 0.29) is 16.3 Å². The summed E-state index contributed by atoms with van der Waals surface area (Å²) in [5, 5.41) is 9.06. The maximum atomic E-state index is 10.3. The molecule has 3 heteroatoms. The highest BCUT2D eigenvalue weighted by Gasteiger charge is 2.02. The number of rotatable bonds is 2. The van der Waals surface area contributed by atoms with E-state index in [2.05, 4.69) is 0 Å². The minimum absolute atomic E-state index is 0.130. The third-order valence-electron chi connectivity index (χ3n) is 1.71. The van der Waals surface area contributed by atoms with Crippen molar-refractivity contribution in [3.05, 3.63) is 35.4 Å². The average Bonchev–Trinajstić information content (AvgIpc) is 2.16. The predicted octanol–water partition coefficient (Wildman–Crippen LogP) is 1.50. The fraction of sp³-hybridized carbons (Fsp3) is 0.222. The van der Waals surface area contributed by atoms with Gasteiger partial charge < -0.3 is 5.11 Å². The second kappa shape index (κ2) is 4.18. The highest BCUT2D eigenvalue weighted by atomic mass is 32.1. The first kappa shape index (κ1) is 9.16. The quantitative estimate of drug-likeness (QED) is 0.704. The van der Waals surface area contributed by atoms with Gasteiger partial charge in [0, 0.05) is 5.56 Å². The fourth-order valence-electron chi connectivity index (χ4n) is 1.08. The Kier molecular flexibility index (Phi) is 3.19. The Morgan fingerprint density at radius 1 is 1.50 bits per heavy atom. The lowest BCUT2D eigenvalue weighted by atomic mass is 10.1. The summed E-state index contributed by atoms with van der Waals surface area (Å²) in [6.07, 6.45) is 0.820. The van der Waals surface area contributed by atoms with Gasteiger partial charge in [-0.1, -0.05) is 31.2 Å². The maximum Gasteiger partial charge on any atom is 0.174 e. The van der Waals surface area contributed by atoms with Crippen molar-refractivity contribution in [1.29, 1.82) is 0 Å². The lowest BCUT2D eigenvalue weighted by molar-refractivity contribution is 0.567. The topological polar surface area (TPSA) is 37.3 Å². The summed E-state index contributed by atoms with van der Waals surface area (Å²) in [5.41, 5.74) is 1.65. The Labute approximate surface area is 74.9 Å². The zero-order chi connectivity index (χ0) is 8.97. The largest absolute Gasteiger partial charge is 0.349 e. The average molecular weight is 182 g/mol. The number of aliphatic hydroxyl groups is 1. The third-order valence-corrected chi connectivity index (χ3v) is 2.09. The van der Waals surface area contributed by atoms with Gasteiger partial charge in [-0.25, -0.2) is 4.21 Å². The van der Waals surface area contributed by atoms with Gasteiger partial charge in [-0.15, -0.1) is 0 Å². The van der Waals surface area contributed by atoms with E-state index in [1.807, 2.05) is 19.1 Å². The highest BCUT2D eigenvalue weighted by molar-refractivity contribution is 7.66. The van der Waals surface area contributed by atoms with E-state index in [9.17, 15) is 9.32 Å². The molecule has 0 saturated carbocycles. The van der Waals surface area contributed by atoms with Crippen molar-refractivity contribution in [2.75, 3.05) is 0 Å². The van der Waals surface area contributed by atoms with Crippen LogP contribution in [0.5, 0.6) is 0 Å². The van der Waals surface area contributed by atoms with E-state index < -0.39 is 0 Å². The van der Waals surface area contributed by atoms with Crippen molar-refractivity contribution in [3.8, 4) is 0 Å². The van der Waals surface area contributed by atoms with Crippen LogP contribution < -0.4 is 0 Å². The van der Waals surface area contributed by atoms with Gasteiger partial charge in [-0.3, -0.25) is 0 Å². The zero-order valence-corrected chi connectivity index (χ0v) is 7.60. The van der Waals surface area contributed by atoms with Crippen LogP contribution in [0.1, 0.15) is 18.1 Å². The molecule has 0 aliphatic carbocycles. The molecule has 0 unspecified atom stereocenters. The first-order valence-corrected chi connectivity index (χ1v) is 4.47. The Balaban J connectivity index is 3.22. The minimum atomic E-state index is -0.146. The summed E-state index contributed by atoms with van der Waals surface area (Å²) in [6.45, 7) is 1.99. The summed E-state index contributed by atoms with van der Waals surface area (Å²) in [4.78, 5) is 0. The van der Waals surface area contributed by atoms with Gasteiger partial charge in [0.05, 0.1) is 0 Å². The molecule has 2 nitrogen and oxygen atoms in total. The first-order valence-electron chi connectivity index (χ1n) is 3.73. The second-order valence-electron chi connectivity index (χ2n) is 2.40. The molecule has 1 aromatic rings. The molecule has 0 amide bonds. The number of hydrogen-bond acceptors (Lipinski definition) is 1. The normalized spacial score (nSPS) is 9.50. The molecule has 0 aliphatic heterocycles. The lowest BCUT2D eigenvalue weighted by Crippen LogP contribution is -2.02. The Hall–Kier alpha value is -0.930. The molecule has 1 aromatic carbocycles. The van der Waals surface area contributed by atoms with E-state index in [1.54, 1.807) is 12.1 Å². The maximum absolute atomic E-state index is 10.3. The van der Waals surface area contributed by atoms with Crippen molar-refractivity contribution in [2.24, 2.45) is 0 Å². The molecule has 0 aromatic heterocycles. The first-order chi connectivity index (χ1) is 5.79. The number of aryl methyl sites for hydroxylation is 1. The SMILES string of the molecule is CCc1ccccc1C(O)=S=O. The van der Waals surface area contributed by atoms with Crippen molar-refractivity contribution in [3.63, 3.8) is 0 Å². The summed E-state index contributed by atoms with van der Waals surface area (Å²) in [5.74, 6) is 0.